The number of nitrogens with zero attached hydrogens (tertiary/aromatic N) is 1. The first-order chi connectivity index (χ1) is 6.72. The van der Waals surface area contributed by atoms with Gasteiger partial charge in [0.2, 0.25) is 0 Å². The summed E-state index contributed by atoms with van der Waals surface area (Å²) in [6.07, 6.45) is 2.67. The van der Waals surface area contributed by atoms with Gasteiger partial charge in [0.15, 0.2) is 0 Å². The summed E-state index contributed by atoms with van der Waals surface area (Å²) in [7, 11) is 0. The molecule has 0 atom stereocenters. The maximum atomic E-state index is 5.88. The number of rotatable bonds is 6. The standard InChI is InChI=1S/C11H24N2O/c1-4-13(5-2)11(9-12)7-10(8-11)14-6-3/h10H,4-9,12H2,1-3H3. The lowest BCUT2D eigenvalue weighted by molar-refractivity contribution is -0.0971. The summed E-state index contributed by atoms with van der Waals surface area (Å²) >= 11 is 0. The second-order valence-corrected chi connectivity index (χ2v) is 4.09. The van der Waals surface area contributed by atoms with Crippen LogP contribution in [0.25, 0.3) is 0 Å². The highest BCUT2D eigenvalue weighted by Crippen LogP contribution is 2.38. The molecule has 1 fully saturated rings. The smallest absolute Gasteiger partial charge is 0.0611 e. The van der Waals surface area contributed by atoms with Gasteiger partial charge in [0.25, 0.3) is 0 Å². The van der Waals surface area contributed by atoms with E-state index in [2.05, 4.69) is 25.7 Å². The summed E-state index contributed by atoms with van der Waals surface area (Å²) in [5.74, 6) is 0. The monoisotopic (exact) mass is 200 g/mol. The minimum Gasteiger partial charge on any atom is -0.378 e. The van der Waals surface area contributed by atoms with E-state index >= 15 is 0 Å². The van der Waals surface area contributed by atoms with Gasteiger partial charge in [0.05, 0.1) is 6.10 Å². The van der Waals surface area contributed by atoms with Crippen molar-refractivity contribution in [2.24, 2.45) is 5.73 Å². The Bertz CT molecular complexity index is 163. The van der Waals surface area contributed by atoms with Crippen molar-refractivity contribution in [3.8, 4) is 0 Å². The third-order valence-electron chi connectivity index (χ3n) is 3.43. The van der Waals surface area contributed by atoms with Gasteiger partial charge in [-0.05, 0) is 32.9 Å². The lowest BCUT2D eigenvalue weighted by Crippen LogP contribution is -2.63. The normalized spacial score (nSPS) is 31.9. The largest absolute Gasteiger partial charge is 0.378 e. The van der Waals surface area contributed by atoms with Crippen LogP contribution in [-0.2, 0) is 4.74 Å². The van der Waals surface area contributed by atoms with E-state index in [1.54, 1.807) is 0 Å². The zero-order valence-electron chi connectivity index (χ0n) is 9.75. The maximum Gasteiger partial charge on any atom is 0.0611 e. The second kappa shape index (κ2) is 5.10. The van der Waals surface area contributed by atoms with Gasteiger partial charge in [0, 0.05) is 18.7 Å². The molecular weight excluding hydrogens is 176 g/mol. The Balaban J connectivity index is 2.47. The summed E-state index contributed by atoms with van der Waals surface area (Å²) in [5.41, 5.74) is 6.12. The van der Waals surface area contributed by atoms with Crippen LogP contribution < -0.4 is 5.73 Å². The minimum atomic E-state index is 0.239. The van der Waals surface area contributed by atoms with Gasteiger partial charge >= 0.3 is 0 Å². The summed E-state index contributed by atoms with van der Waals surface area (Å²) in [6.45, 7) is 10.2. The van der Waals surface area contributed by atoms with Gasteiger partial charge in [-0.25, -0.2) is 0 Å². The molecule has 0 radical (unpaired) electrons. The highest BCUT2D eigenvalue weighted by atomic mass is 16.5. The van der Waals surface area contributed by atoms with Gasteiger partial charge in [0.1, 0.15) is 0 Å². The molecule has 0 spiro atoms. The Hall–Kier alpha value is -0.120. The zero-order valence-corrected chi connectivity index (χ0v) is 9.75. The molecule has 14 heavy (non-hydrogen) atoms. The molecule has 0 aromatic carbocycles. The topological polar surface area (TPSA) is 38.5 Å². The molecule has 84 valence electrons. The molecule has 3 nitrogen and oxygen atoms in total. The van der Waals surface area contributed by atoms with Crippen LogP contribution in [0.15, 0.2) is 0 Å². The summed E-state index contributed by atoms with van der Waals surface area (Å²) in [5, 5.41) is 0. The number of hydrogen-bond donors (Lipinski definition) is 1. The quantitative estimate of drug-likeness (QED) is 0.701. The van der Waals surface area contributed by atoms with Gasteiger partial charge < -0.3 is 10.5 Å². The predicted octanol–water partition coefficient (Wildman–Crippen LogP) is 1.22. The number of nitrogens with two attached hydrogens (primary N) is 1. The average molecular weight is 200 g/mol. The number of hydrogen-bond acceptors (Lipinski definition) is 3. The Kier molecular flexibility index (Phi) is 4.35. The van der Waals surface area contributed by atoms with E-state index in [0.29, 0.717) is 6.10 Å². The van der Waals surface area contributed by atoms with Gasteiger partial charge in [-0.15, -0.1) is 0 Å². The van der Waals surface area contributed by atoms with Crippen molar-refractivity contribution in [2.45, 2.75) is 45.3 Å². The van der Waals surface area contributed by atoms with Crippen LogP contribution in [0.4, 0.5) is 0 Å². The molecule has 0 bridgehead atoms. The van der Waals surface area contributed by atoms with Crippen molar-refractivity contribution in [3.63, 3.8) is 0 Å². The summed E-state index contributed by atoms with van der Waals surface area (Å²) in [6, 6.07) is 0. The van der Waals surface area contributed by atoms with Crippen LogP contribution in [0.2, 0.25) is 0 Å². The van der Waals surface area contributed by atoms with Crippen molar-refractivity contribution in [1.29, 1.82) is 0 Å². The Morgan fingerprint density at radius 1 is 1.29 bits per heavy atom. The van der Waals surface area contributed by atoms with Crippen molar-refractivity contribution < 1.29 is 4.74 Å². The van der Waals surface area contributed by atoms with Crippen molar-refractivity contribution in [2.75, 3.05) is 26.2 Å². The molecule has 1 saturated carbocycles. The minimum absolute atomic E-state index is 0.239. The molecule has 0 aliphatic heterocycles. The van der Waals surface area contributed by atoms with E-state index in [0.717, 1.165) is 39.1 Å². The van der Waals surface area contributed by atoms with Crippen LogP contribution in [0.5, 0.6) is 0 Å². The van der Waals surface area contributed by atoms with E-state index in [1.807, 2.05) is 0 Å². The Labute approximate surface area is 87.6 Å². The first-order valence-corrected chi connectivity index (χ1v) is 5.79. The van der Waals surface area contributed by atoms with E-state index in [1.165, 1.54) is 0 Å². The highest BCUT2D eigenvalue weighted by molar-refractivity contribution is 5.04. The van der Waals surface area contributed by atoms with Crippen molar-refractivity contribution >= 4 is 0 Å². The van der Waals surface area contributed by atoms with Gasteiger partial charge in [-0.2, -0.15) is 0 Å². The lowest BCUT2D eigenvalue weighted by Gasteiger charge is -2.53. The summed E-state index contributed by atoms with van der Waals surface area (Å²) in [4.78, 5) is 2.47. The first kappa shape index (κ1) is 12.0. The van der Waals surface area contributed by atoms with Crippen LogP contribution in [-0.4, -0.2) is 42.8 Å². The fourth-order valence-corrected chi connectivity index (χ4v) is 2.59. The fraction of sp³-hybridized carbons (Fsp3) is 1.00. The van der Waals surface area contributed by atoms with E-state index in [4.69, 9.17) is 10.5 Å². The molecule has 2 N–H and O–H groups in total. The van der Waals surface area contributed by atoms with E-state index in [9.17, 15) is 0 Å². The third kappa shape index (κ3) is 2.10. The molecule has 0 heterocycles. The second-order valence-electron chi connectivity index (χ2n) is 4.09. The average Bonchev–Trinajstić information content (AvgIpc) is 2.15. The van der Waals surface area contributed by atoms with Crippen LogP contribution in [0, 0.1) is 0 Å². The zero-order chi connectivity index (χ0) is 10.6. The highest BCUT2D eigenvalue weighted by Gasteiger charge is 2.46. The molecule has 1 aliphatic carbocycles. The van der Waals surface area contributed by atoms with Gasteiger partial charge in [-0.3, -0.25) is 4.90 Å². The molecule has 1 aliphatic rings. The molecule has 0 saturated heterocycles. The van der Waals surface area contributed by atoms with Gasteiger partial charge in [-0.1, -0.05) is 13.8 Å². The molecule has 1 rings (SSSR count). The molecule has 0 unspecified atom stereocenters. The predicted molar refractivity (Wildman–Crippen MR) is 59.4 cm³/mol. The van der Waals surface area contributed by atoms with E-state index in [-0.39, 0.29) is 5.54 Å². The Morgan fingerprint density at radius 2 is 1.86 bits per heavy atom. The van der Waals surface area contributed by atoms with Crippen LogP contribution >= 0.6 is 0 Å². The van der Waals surface area contributed by atoms with Crippen molar-refractivity contribution in [3.05, 3.63) is 0 Å². The maximum absolute atomic E-state index is 5.88. The third-order valence-corrected chi connectivity index (χ3v) is 3.43. The van der Waals surface area contributed by atoms with Crippen LogP contribution in [0.1, 0.15) is 33.6 Å². The SMILES string of the molecule is CCOC1CC(CN)(N(CC)CC)C1. The van der Waals surface area contributed by atoms with Crippen LogP contribution in [0.3, 0.4) is 0 Å². The molecule has 0 aromatic rings. The molecular formula is C11H24N2O. The number of likely N-dealkylation sites (N-methyl/N-ethyl adjacent to an activating group) is 1. The summed E-state index contributed by atoms with van der Waals surface area (Å²) < 4.78 is 5.59. The number of ether oxygens (including phenoxy) is 1. The van der Waals surface area contributed by atoms with E-state index < -0.39 is 0 Å². The lowest BCUT2D eigenvalue weighted by atomic mass is 9.72. The molecule has 0 aromatic heterocycles. The molecule has 3 heteroatoms. The van der Waals surface area contributed by atoms with Crippen molar-refractivity contribution in [1.82, 2.24) is 4.90 Å². The first-order valence-electron chi connectivity index (χ1n) is 5.79. The fourth-order valence-electron chi connectivity index (χ4n) is 2.59. The molecule has 0 amide bonds. The Morgan fingerprint density at radius 3 is 2.21 bits per heavy atom.